The zero-order valence-electron chi connectivity index (χ0n) is 26.0. The molecule has 2 amide bonds. The number of nitrogens with zero attached hydrogens (tertiary/aromatic N) is 3. The maximum absolute atomic E-state index is 12.8. The Balaban J connectivity index is 1.33. The average Bonchev–Trinajstić information content (AvgIpc) is 3.41. The Labute approximate surface area is 263 Å². The lowest BCUT2D eigenvalue weighted by Crippen LogP contribution is -2.47. The number of amides is 2. The van der Waals surface area contributed by atoms with Crippen molar-refractivity contribution in [3.63, 3.8) is 0 Å². The fraction of sp³-hybridized carbons (Fsp3) is 0.333. The molecule has 0 unspecified atom stereocenters. The number of carbonyl (C=O) groups excluding carboxylic acids is 2. The molecule has 0 spiro atoms. The highest BCUT2D eigenvalue weighted by Gasteiger charge is 2.32. The first-order valence-corrected chi connectivity index (χ1v) is 15.4. The Kier molecular flexibility index (Phi) is 9.66. The molecule has 234 valence electrons. The van der Waals surface area contributed by atoms with Gasteiger partial charge in [0.1, 0.15) is 11.9 Å². The molecule has 3 aromatic carbocycles. The highest BCUT2D eigenvalue weighted by Crippen LogP contribution is 2.36. The number of aryl methyl sites for hydroxylation is 1. The number of hydrogen-bond donors (Lipinski definition) is 2. The highest BCUT2D eigenvalue weighted by atomic mass is 16.6. The quantitative estimate of drug-likeness (QED) is 0.187. The van der Waals surface area contributed by atoms with E-state index in [0.717, 1.165) is 40.4 Å². The first-order valence-electron chi connectivity index (χ1n) is 15.4. The van der Waals surface area contributed by atoms with Gasteiger partial charge in [-0.25, -0.2) is 14.6 Å². The normalized spacial score (nSPS) is 16.9. The fourth-order valence-corrected chi connectivity index (χ4v) is 5.89. The number of benzene rings is 3. The standard InChI is InChI=1S/C36H40N4O5/c1-36(2,3)45-34(42)38-28-14-16-29(17-15-28)40(35(43)44)33-22-25(12-18-30(33)27-10-5-4-6-11-27)9-7-8-20-39-24-37-31-21-26(23-41)13-19-32(31)39/h4-7,9-13,18-19,21-24,28-29H,8,14-17,20H2,1-3H3,(H,38,42)(H,43,44)/t28-,29-. The summed E-state index contributed by atoms with van der Waals surface area (Å²) >= 11 is 0. The summed E-state index contributed by atoms with van der Waals surface area (Å²) in [6, 6.07) is 21.0. The molecule has 5 rings (SSSR count). The number of fused-ring (bicyclic) bond motifs is 1. The predicted molar refractivity (Wildman–Crippen MR) is 177 cm³/mol. The van der Waals surface area contributed by atoms with Gasteiger partial charge in [-0.3, -0.25) is 9.69 Å². The van der Waals surface area contributed by atoms with Gasteiger partial charge in [0.25, 0.3) is 0 Å². The van der Waals surface area contributed by atoms with Crippen molar-refractivity contribution in [2.24, 2.45) is 0 Å². The number of anilines is 1. The van der Waals surface area contributed by atoms with Gasteiger partial charge >= 0.3 is 12.2 Å². The third-order valence-electron chi connectivity index (χ3n) is 7.98. The number of aromatic nitrogens is 2. The van der Waals surface area contributed by atoms with Gasteiger partial charge in [0.05, 0.1) is 23.0 Å². The van der Waals surface area contributed by atoms with Crippen LogP contribution >= 0.6 is 0 Å². The molecule has 1 aliphatic rings. The monoisotopic (exact) mass is 608 g/mol. The summed E-state index contributed by atoms with van der Waals surface area (Å²) in [5.74, 6) is 0. The molecule has 2 N–H and O–H groups in total. The maximum Gasteiger partial charge on any atom is 0.412 e. The molecule has 1 fully saturated rings. The van der Waals surface area contributed by atoms with Crippen LogP contribution in [-0.2, 0) is 11.3 Å². The number of imidazole rings is 1. The summed E-state index contributed by atoms with van der Waals surface area (Å²) in [7, 11) is 0. The van der Waals surface area contributed by atoms with Gasteiger partial charge in [-0.1, -0.05) is 54.6 Å². The summed E-state index contributed by atoms with van der Waals surface area (Å²) in [6.07, 6.45) is 8.55. The van der Waals surface area contributed by atoms with Crippen molar-refractivity contribution < 1.29 is 24.2 Å². The van der Waals surface area contributed by atoms with E-state index in [9.17, 15) is 19.5 Å². The molecule has 0 atom stereocenters. The van der Waals surface area contributed by atoms with Crippen LogP contribution in [0.4, 0.5) is 15.3 Å². The highest BCUT2D eigenvalue weighted by molar-refractivity contribution is 5.94. The lowest BCUT2D eigenvalue weighted by molar-refractivity contribution is 0.0490. The van der Waals surface area contributed by atoms with Gasteiger partial charge in [0.2, 0.25) is 0 Å². The van der Waals surface area contributed by atoms with Gasteiger partial charge in [0, 0.05) is 29.8 Å². The number of carbonyl (C=O) groups is 3. The third kappa shape index (κ3) is 7.98. The van der Waals surface area contributed by atoms with Gasteiger partial charge in [-0.15, -0.1) is 0 Å². The average molecular weight is 609 g/mol. The number of hydrogen-bond acceptors (Lipinski definition) is 5. The van der Waals surface area contributed by atoms with Gasteiger partial charge in [-0.2, -0.15) is 0 Å². The van der Waals surface area contributed by atoms with E-state index in [4.69, 9.17) is 4.74 Å². The maximum atomic E-state index is 12.8. The summed E-state index contributed by atoms with van der Waals surface area (Å²) in [5.41, 5.74) is 5.12. The first-order chi connectivity index (χ1) is 21.6. The summed E-state index contributed by atoms with van der Waals surface area (Å²) < 4.78 is 7.47. The van der Waals surface area contributed by atoms with E-state index in [1.807, 2.05) is 81.4 Å². The number of aldehydes is 1. The van der Waals surface area contributed by atoms with E-state index in [2.05, 4.69) is 20.9 Å². The number of rotatable bonds is 9. The van der Waals surface area contributed by atoms with Crippen LogP contribution in [0.5, 0.6) is 0 Å². The summed E-state index contributed by atoms with van der Waals surface area (Å²) in [4.78, 5) is 42.2. The lowest BCUT2D eigenvalue weighted by Gasteiger charge is -2.36. The van der Waals surface area contributed by atoms with Crippen LogP contribution in [0.3, 0.4) is 0 Å². The number of alkyl carbamates (subject to hydrolysis) is 1. The van der Waals surface area contributed by atoms with Crippen LogP contribution in [0.1, 0.15) is 68.8 Å². The van der Waals surface area contributed by atoms with E-state index in [1.54, 1.807) is 18.5 Å². The predicted octanol–water partition coefficient (Wildman–Crippen LogP) is 7.94. The van der Waals surface area contributed by atoms with Crippen molar-refractivity contribution in [3.8, 4) is 11.1 Å². The Bertz CT molecular complexity index is 1680. The minimum absolute atomic E-state index is 0.0608. The van der Waals surface area contributed by atoms with E-state index in [1.165, 1.54) is 4.90 Å². The second-order valence-corrected chi connectivity index (χ2v) is 12.4. The molecule has 0 bridgehead atoms. The van der Waals surface area contributed by atoms with Crippen molar-refractivity contribution in [3.05, 3.63) is 90.3 Å². The van der Waals surface area contributed by atoms with Crippen molar-refractivity contribution in [1.29, 1.82) is 0 Å². The van der Waals surface area contributed by atoms with Crippen molar-refractivity contribution >= 4 is 41.3 Å². The minimum Gasteiger partial charge on any atom is -0.465 e. The van der Waals surface area contributed by atoms with Crippen LogP contribution in [0.25, 0.3) is 28.2 Å². The molecule has 1 aromatic heterocycles. The molecule has 45 heavy (non-hydrogen) atoms. The molecular weight excluding hydrogens is 568 g/mol. The molecule has 1 heterocycles. The molecule has 4 aromatic rings. The number of allylic oxidation sites excluding steroid dienone is 1. The molecule has 9 heteroatoms. The number of carboxylic acid groups (broad SMARTS) is 1. The summed E-state index contributed by atoms with van der Waals surface area (Å²) in [6.45, 7) is 6.20. The van der Waals surface area contributed by atoms with Crippen LogP contribution in [0, 0.1) is 0 Å². The molecule has 0 aliphatic heterocycles. The first kappa shape index (κ1) is 31.5. The Hall–Kier alpha value is -4.92. The zero-order valence-corrected chi connectivity index (χ0v) is 26.0. The number of nitrogens with one attached hydrogen (secondary N) is 1. The third-order valence-corrected chi connectivity index (χ3v) is 7.98. The fourth-order valence-electron chi connectivity index (χ4n) is 5.89. The molecule has 1 aliphatic carbocycles. The zero-order chi connectivity index (χ0) is 32.0. The van der Waals surface area contributed by atoms with Crippen molar-refractivity contribution in [2.45, 2.75) is 77.1 Å². The second kappa shape index (κ2) is 13.8. The van der Waals surface area contributed by atoms with Crippen LogP contribution in [-0.4, -0.2) is 50.8 Å². The van der Waals surface area contributed by atoms with Gasteiger partial charge in [-0.05, 0) is 88.3 Å². The minimum atomic E-state index is -0.999. The molecule has 0 radical (unpaired) electrons. The van der Waals surface area contributed by atoms with E-state index in [0.29, 0.717) is 43.5 Å². The molecule has 0 saturated heterocycles. The van der Waals surface area contributed by atoms with E-state index < -0.39 is 17.8 Å². The largest absolute Gasteiger partial charge is 0.465 e. The van der Waals surface area contributed by atoms with Crippen molar-refractivity contribution in [2.75, 3.05) is 4.90 Å². The number of ether oxygens (including phenoxy) is 1. The summed E-state index contributed by atoms with van der Waals surface area (Å²) in [5, 5.41) is 13.5. The van der Waals surface area contributed by atoms with Gasteiger partial charge in [0.15, 0.2) is 0 Å². The topological polar surface area (TPSA) is 114 Å². The van der Waals surface area contributed by atoms with Crippen LogP contribution < -0.4 is 10.2 Å². The van der Waals surface area contributed by atoms with Crippen LogP contribution in [0.15, 0.2) is 79.1 Å². The Morgan fingerprint density at radius 3 is 2.44 bits per heavy atom. The van der Waals surface area contributed by atoms with Crippen molar-refractivity contribution in [1.82, 2.24) is 14.9 Å². The lowest BCUT2D eigenvalue weighted by atomic mass is 9.89. The van der Waals surface area contributed by atoms with E-state index >= 15 is 0 Å². The molecular formula is C36H40N4O5. The Morgan fingerprint density at radius 2 is 1.76 bits per heavy atom. The SMILES string of the molecule is CC(C)(C)OC(=O)N[C@H]1CC[C@H](N(C(=O)O)c2cc(C=CCCn3cnc4cc(C=O)ccc43)ccc2-c2ccccc2)CC1. The molecule has 9 nitrogen and oxygen atoms in total. The van der Waals surface area contributed by atoms with Gasteiger partial charge < -0.3 is 19.7 Å². The van der Waals surface area contributed by atoms with Crippen LogP contribution in [0.2, 0.25) is 0 Å². The van der Waals surface area contributed by atoms with E-state index in [-0.39, 0.29) is 12.1 Å². The second-order valence-electron chi connectivity index (χ2n) is 12.4. The smallest absolute Gasteiger partial charge is 0.412 e. The Morgan fingerprint density at radius 1 is 1.02 bits per heavy atom. The molecule has 1 saturated carbocycles.